The first-order valence-corrected chi connectivity index (χ1v) is 10.2. The van der Waals surface area contributed by atoms with Crippen LogP contribution in [0.15, 0.2) is 53.2 Å². The normalized spacial score (nSPS) is 26.5. The molecule has 1 N–H and O–H groups in total. The van der Waals surface area contributed by atoms with Gasteiger partial charge in [0, 0.05) is 29.9 Å². The fraction of sp³-hybridized carbons (Fsp3) is 0.364. The Hall–Kier alpha value is -2.37. The number of aromatic nitrogens is 1. The molecule has 3 aliphatic heterocycles. The van der Waals surface area contributed by atoms with E-state index in [1.165, 1.54) is 5.56 Å². The van der Waals surface area contributed by atoms with Gasteiger partial charge >= 0.3 is 0 Å². The van der Waals surface area contributed by atoms with E-state index in [0.29, 0.717) is 16.5 Å². The van der Waals surface area contributed by atoms with E-state index in [1.807, 2.05) is 36.5 Å². The number of hydrogen-bond donors (Lipinski definition) is 1. The molecule has 1 amide bonds. The van der Waals surface area contributed by atoms with Crippen LogP contribution in [0.3, 0.4) is 0 Å². The van der Waals surface area contributed by atoms with E-state index >= 15 is 0 Å². The first-order valence-electron chi connectivity index (χ1n) is 9.81. The van der Waals surface area contributed by atoms with E-state index in [0.717, 1.165) is 37.7 Å². The molecule has 2 aromatic heterocycles. The van der Waals surface area contributed by atoms with Crippen molar-refractivity contribution in [3.63, 3.8) is 0 Å². The van der Waals surface area contributed by atoms with E-state index in [4.69, 9.17) is 16.0 Å². The summed E-state index contributed by atoms with van der Waals surface area (Å²) in [5, 5.41) is 4.42. The minimum atomic E-state index is -0.226. The average molecular weight is 396 g/mol. The molecule has 1 aromatic carbocycles. The number of piperidine rings is 3. The van der Waals surface area contributed by atoms with Crippen LogP contribution >= 0.6 is 11.6 Å². The van der Waals surface area contributed by atoms with Crippen LogP contribution in [0, 0.1) is 5.92 Å². The maximum atomic E-state index is 13.1. The number of pyridine rings is 1. The highest BCUT2D eigenvalue weighted by molar-refractivity contribution is 6.38. The summed E-state index contributed by atoms with van der Waals surface area (Å²) in [6.07, 6.45) is 6.81. The number of carbonyl (C=O) groups excluding carboxylic acids is 1. The van der Waals surface area contributed by atoms with E-state index < -0.39 is 0 Å². The van der Waals surface area contributed by atoms with Crippen molar-refractivity contribution >= 4 is 28.5 Å². The molecule has 6 rings (SSSR count). The Morgan fingerprint density at radius 3 is 2.79 bits per heavy atom. The number of rotatable bonds is 4. The molecule has 28 heavy (non-hydrogen) atoms. The van der Waals surface area contributed by atoms with Crippen molar-refractivity contribution in [1.82, 2.24) is 15.2 Å². The van der Waals surface area contributed by atoms with Gasteiger partial charge in [0.25, 0.3) is 5.91 Å². The molecule has 3 aliphatic rings. The zero-order chi connectivity index (χ0) is 19.1. The highest BCUT2D eigenvalue weighted by atomic mass is 35.5. The molecular weight excluding hydrogens is 374 g/mol. The first kappa shape index (κ1) is 17.7. The van der Waals surface area contributed by atoms with E-state index in [9.17, 15) is 4.79 Å². The van der Waals surface area contributed by atoms with Crippen molar-refractivity contribution in [3.05, 3.63) is 65.1 Å². The lowest BCUT2D eigenvalue weighted by Crippen LogP contribution is -2.64. The summed E-state index contributed by atoms with van der Waals surface area (Å²) in [5.74, 6) is 0.467. The molecule has 144 valence electrons. The summed E-state index contributed by atoms with van der Waals surface area (Å²) in [4.78, 5) is 19.8. The number of amides is 1. The third-order valence-corrected chi connectivity index (χ3v) is 6.55. The zero-order valence-electron chi connectivity index (χ0n) is 15.5. The Bertz CT molecular complexity index is 995. The molecule has 5 heterocycles. The van der Waals surface area contributed by atoms with Gasteiger partial charge < -0.3 is 9.73 Å². The number of nitrogens with one attached hydrogen (secondary N) is 1. The lowest BCUT2D eigenvalue weighted by molar-refractivity contribution is 0.0131. The molecule has 6 heteroatoms. The van der Waals surface area contributed by atoms with Crippen LogP contribution in [0.4, 0.5) is 0 Å². The fourth-order valence-electron chi connectivity index (χ4n) is 4.76. The number of halogens is 1. The predicted octanol–water partition coefficient (Wildman–Crippen LogP) is 3.92. The van der Waals surface area contributed by atoms with Gasteiger partial charge in [0.05, 0.1) is 5.02 Å². The van der Waals surface area contributed by atoms with E-state index in [-0.39, 0.29) is 23.8 Å². The standard InChI is InChI=1S/C22H22ClN3O2/c23-19-16-5-1-2-6-18(16)28-21(19)22(27)25-20-15-7-10-26(11-8-15)17(20)12-14-4-3-9-24-13-14/h1-6,9,13,15,17,20H,7-8,10-12H2,(H,25,27)/t17-,20+/m0/s1. The number of para-hydroxylation sites is 1. The molecule has 0 unspecified atom stereocenters. The highest BCUT2D eigenvalue weighted by Gasteiger charge is 2.43. The van der Waals surface area contributed by atoms with Crippen molar-refractivity contribution in [2.75, 3.05) is 13.1 Å². The first-order chi connectivity index (χ1) is 13.7. The second kappa shape index (κ2) is 7.22. The number of carbonyl (C=O) groups is 1. The van der Waals surface area contributed by atoms with Gasteiger partial charge in [0.1, 0.15) is 5.58 Å². The van der Waals surface area contributed by atoms with Gasteiger partial charge in [-0.15, -0.1) is 0 Å². The summed E-state index contributed by atoms with van der Waals surface area (Å²) in [7, 11) is 0. The summed E-state index contributed by atoms with van der Waals surface area (Å²) < 4.78 is 5.77. The third-order valence-electron chi connectivity index (χ3n) is 6.17. The molecule has 3 fully saturated rings. The molecule has 3 saturated heterocycles. The highest BCUT2D eigenvalue weighted by Crippen LogP contribution is 2.35. The zero-order valence-corrected chi connectivity index (χ0v) is 16.2. The van der Waals surface area contributed by atoms with Gasteiger partial charge in [-0.2, -0.15) is 0 Å². The number of nitrogens with zero attached hydrogens (tertiary/aromatic N) is 2. The maximum Gasteiger partial charge on any atom is 0.288 e. The number of benzene rings is 1. The Kier molecular flexibility index (Phi) is 4.57. The Morgan fingerprint density at radius 2 is 2.04 bits per heavy atom. The minimum absolute atomic E-state index is 0.0829. The molecule has 3 aromatic rings. The topological polar surface area (TPSA) is 58.4 Å². The predicted molar refractivity (Wildman–Crippen MR) is 109 cm³/mol. The second-order valence-corrected chi connectivity index (χ2v) is 8.12. The third kappa shape index (κ3) is 3.09. The molecule has 2 bridgehead atoms. The van der Waals surface area contributed by atoms with Crippen LogP contribution in [-0.4, -0.2) is 41.0 Å². The lowest BCUT2D eigenvalue weighted by atomic mass is 9.76. The van der Waals surface area contributed by atoms with Crippen molar-refractivity contribution in [3.8, 4) is 0 Å². The maximum absolute atomic E-state index is 13.1. The van der Waals surface area contributed by atoms with Crippen molar-refractivity contribution in [2.24, 2.45) is 5.92 Å². The van der Waals surface area contributed by atoms with Crippen LogP contribution in [0.1, 0.15) is 29.0 Å². The van der Waals surface area contributed by atoms with Crippen molar-refractivity contribution in [2.45, 2.75) is 31.3 Å². The second-order valence-electron chi connectivity index (χ2n) is 7.75. The van der Waals surface area contributed by atoms with Gasteiger partial charge in [-0.05, 0) is 62.0 Å². The Labute approximate surface area is 168 Å². The summed E-state index contributed by atoms with van der Waals surface area (Å²) in [5.41, 5.74) is 1.83. The number of fused-ring (bicyclic) bond motifs is 4. The van der Waals surface area contributed by atoms with E-state index in [2.05, 4.69) is 21.3 Å². The monoisotopic (exact) mass is 395 g/mol. The van der Waals surface area contributed by atoms with Crippen LogP contribution in [0.2, 0.25) is 5.02 Å². The van der Waals surface area contributed by atoms with Gasteiger partial charge in [0.2, 0.25) is 5.76 Å². The smallest absolute Gasteiger partial charge is 0.288 e. The van der Waals surface area contributed by atoms with Gasteiger partial charge in [-0.1, -0.05) is 29.8 Å². The van der Waals surface area contributed by atoms with Gasteiger partial charge in [-0.25, -0.2) is 0 Å². The largest absolute Gasteiger partial charge is 0.449 e. The van der Waals surface area contributed by atoms with Gasteiger partial charge in [0.15, 0.2) is 0 Å². The van der Waals surface area contributed by atoms with Crippen molar-refractivity contribution < 1.29 is 9.21 Å². The number of furan rings is 1. The van der Waals surface area contributed by atoms with E-state index in [1.54, 1.807) is 6.20 Å². The summed E-state index contributed by atoms with van der Waals surface area (Å²) in [6.45, 7) is 2.18. The molecule has 0 aliphatic carbocycles. The average Bonchev–Trinajstić information content (AvgIpc) is 3.08. The van der Waals surface area contributed by atoms with Gasteiger partial charge in [-0.3, -0.25) is 14.7 Å². The van der Waals surface area contributed by atoms with Crippen LogP contribution in [0.5, 0.6) is 0 Å². The Morgan fingerprint density at radius 1 is 1.21 bits per heavy atom. The molecule has 0 spiro atoms. The molecular formula is C22H22ClN3O2. The molecule has 0 radical (unpaired) electrons. The summed E-state index contributed by atoms with van der Waals surface area (Å²) >= 11 is 6.44. The quantitative estimate of drug-likeness (QED) is 0.727. The Balaban J connectivity index is 1.41. The molecule has 2 atom stereocenters. The SMILES string of the molecule is O=C(N[C@@H]1C2CCN(CC2)[C@H]1Cc1cccnc1)c1oc2ccccc2c1Cl. The summed E-state index contributed by atoms with van der Waals surface area (Å²) in [6, 6.07) is 11.9. The van der Waals surface area contributed by atoms with Crippen LogP contribution in [0.25, 0.3) is 11.0 Å². The van der Waals surface area contributed by atoms with Crippen LogP contribution < -0.4 is 5.32 Å². The van der Waals surface area contributed by atoms with Crippen molar-refractivity contribution in [1.29, 1.82) is 0 Å². The minimum Gasteiger partial charge on any atom is -0.449 e. The molecule has 5 nitrogen and oxygen atoms in total. The lowest BCUT2D eigenvalue weighted by Gasteiger charge is -2.51. The fourth-order valence-corrected chi connectivity index (χ4v) is 5.04. The van der Waals surface area contributed by atoms with Crippen LogP contribution in [-0.2, 0) is 6.42 Å². The number of hydrogen-bond acceptors (Lipinski definition) is 4. The molecule has 0 saturated carbocycles.